The topological polar surface area (TPSA) is 136 Å². The summed E-state index contributed by atoms with van der Waals surface area (Å²) < 4.78 is 28.3. The molecular weight excluding hydrogens is 1770 g/mol. The summed E-state index contributed by atoms with van der Waals surface area (Å²) in [6.07, 6.45) is 0. The number of anilines is 8. The zero-order valence-electron chi connectivity index (χ0n) is 69.4. The average molecular weight is 1840 g/mol. The standard InChI is InChI=1S/C68H44N8S.C24H18N2.C20H10Br2N4S/c1-7-25-45(26-8-1)61-62(46-27-9-2-10-28-46)70-64-63(69-61)67(75(49-33-15-5-16-34-49)57-43-23-41-55-59(57)51-37-19-21-39-53(51)73(55)47-29-11-3-12-30-47)65-66(72-77-71-65)68(64)76(50-35-17-6-18-36-50)58-44-24-42-56-60(58)52-38-20-22-40-54(52)74(56)48-31-13-4-14-32-48;1-3-10-18(11-4-1)25-21-15-9-17-23-24(21)20-14-7-8-16-22(20)26(23)19-12-5-2-6-13-19;21-13-17-18(14(22)20-19(13)25-27-26-20)24-16(12-9-5-2-6-10-12)15(23-17)11-7-3-1-4-8-11/h1-44H;1-17,25H;1-10H. The van der Waals surface area contributed by atoms with Gasteiger partial charge in [0.25, 0.3) is 0 Å². The second-order valence-corrected chi connectivity index (χ2v) is 34.0. The van der Waals surface area contributed by atoms with Crippen LogP contribution in [0.4, 0.5) is 45.5 Å². The van der Waals surface area contributed by atoms with Crippen molar-refractivity contribution in [3.05, 3.63) is 440 Å². The fourth-order valence-electron chi connectivity index (χ4n) is 18.2. The van der Waals surface area contributed by atoms with E-state index in [1.54, 1.807) is 0 Å². The molecule has 616 valence electrons. The van der Waals surface area contributed by atoms with Crippen LogP contribution in [0.3, 0.4) is 0 Å². The maximum absolute atomic E-state index is 6.00. The predicted octanol–water partition coefficient (Wildman–Crippen LogP) is 31.1. The van der Waals surface area contributed by atoms with Crippen LogP contribution in [0.25, 0.3) is 172 Å². The molecule has 0 aliphatic carbocycles. The molecule has 0 bridgehead atoms. The molecule has 7 heterocycles. The molecule has 0 aliphatic heterocycles. The Morgan fingerprint density at radius 2 is 0.500 bits per heavy atom. The van der Waals surface area contributed by atoms with Gasteiger partial charge in [0, 0.05) is 94.4 Å². The van der Waals surface area contributed by atoms with Gasteiger partial charge in [0.05, 0.1) is 99.7 Å². The maximum atomic E-state index is 6.00. The summed E-state index contributed by atoms with van der Waals surface area (Å²) in [5, 5.41) is 10.5. The number of halogens is 2. The van der Waals surface area contributed by atoms with E-state index < -0.39 is 0 Å². The van der Waals surface area contributed by atoms with E-state index in [-0.39, 0.29) is 0 Å². The molecule has 14 nitrogen and oxygen atoms in total. The number of rotatable bonds is 15. The Hall–Kier alpha value is -16.0. The summed E-state index contributed by atoms with van der Waals surface area (Å²) in [4.78, 5) is 26.7. The Labute approximate surface area is 772 Å². The van der Waals surface area contributed by atoms with Gasteiger partial charge in [-0.05, 0) is 159 Å². The van der Waals surface area contributed by atoms with Crippen molar-refractivity contribution in [3.8, 4) is 62.1 Å². The summed E-state index contributed by atoms with van der Waals surface area (Å²) in [5.41, 5.74) is 30.7. The van der Waals surface area contributed by atoms with Gasteiger partial charge < -0.3 is 28.8 Å². The number of hydrogen-bond acceptors (Lipinski definition) is 13. The zero-order valence-corrected chi connectivity index (χ0v) is 74.2. The summed E-state index contributed by atoms with van der Waals surface area (Å²) in [5.74, 6) is 0. The fourth-order valence-corrected chi connectivity index (χ4v) is 20.7. The van der Waals surface area contributed by atoms with Crippen molar-refractivity contribution in [2.24, 2.45) is 0 Å². The van der Waals surface area contributed by atoms with Crippen LogP contribution < -0.4 is 15.1 Å². The van der Waals surface area contributed by atoms with Crippen molar-refractivity contribution in [2.45, 2.75) is 0 Å². The van der Waals surface area contributed by atoms with Crippen molar-refractivity contribution in [1.82, 2.24) is 51.1 Å². The average Bonchev–Trinajstić information content (AvgIpc) is 1.49. The molecule has 0 aliphatic rings. The Morgan fingerprint density at radius 1 is 0.231 bits per heavy atom. The minimum atomic E-state index is 0.672. The van der Waals surface area contributed by atoms with Gasteiger partial charge in [-0.25, -0.2) is 19.9 Å². The number of nitrogens with zero attached hydrogens (tertiary/aromatic N) is 13. The maximum Gasteiger partial charge on any atom is 0.133 e. The largest absolute Gasteiger partial charge is 0.355 e. The first-order valence-corrected chi connectivity index (χ1v) is 45.8. The fraction of sp³-hybridized carbons (Fsp3) is 0. The lowest BCUT2D eigenvalue weighted by atomic mass is 10.0. The number of hydrogen-bond donors (Lipinski definition) is 1. The molecule has 18 aromatic carbocycles. The lowest BCUT2D eigenvalue weighted by Crippen LogP contribution is -2.16. The summed E-state index contributed by atoms with van der Waals surface area (Å²) >= 11 is 9.71. The first kappa shape index (κ1) is 78.7. The van der Waals surface area contributed by atoms with E-state index in [2.05, 4.69) is 421 Å². The van der Waals surface area contributed by atoms with E-state index >= 15 is 0 Å². The molecule has 1 N–H and O–H groups in total. The van der Waals surface area contributed by atoms with Crippen molar-refractivity contribution in [2.75, 3.05) is 15.1 Å². The molecule has 0 unspecified atom stereocenters. The van der Waals surface area contributed by atoms with Gasteiger partial charge in [0.1, 0.15) is 55.5 Å². The number of nitrogens with one attached hydrogen (secondary N) is 1. The lowest BCUT2D eigenvalue weighted by molar-refractivity contribution is 1.18. The van der Waals surface area contributed by atoms with Crippen LogP contribution in [-0.4, -0.2) is 51.1 Å². The predicted molar refractivity (Wildman–Crippen MR) is 547 cm³/mol. The van der Waals surface area contributed by atoms with Crippen LogP contribution in [-0.2, 0) is 0 Å². The third-order valence-electron chi connectivity index (χ3n) is 23.8. The quantitative estimate of drug-likeness (QED) is 0.0982. The van der Waals surface area contributed by atoms with Crippen molar-refractivity contribution in [3.63, 3.8) is 0 Å². The van der Waals surface area contributed by atoms with Gasteiger partial charge in [-0.2, -0.15) is 17.5 Å². The van der Waals surface area contributed by atoms with Gasteiger partial charge in [0.15, 0.2) is 0 Å². The second-order valence-electron chi connectivity index (χ2n) is 31.4. The highest BCUT2D eigenvalue weighted by Gasteiger charge is 2.35. The van der Waals surface area contributed by atoms with Crippen molar-refractivity contribution in [1.29, 1.82) is 0 Å². The van der Waals surface area contributed by atoms with Crippen LogP contribution in [0.5, 0.6) is 0 Å². The highest BCUT2D eigenvalue weighted by Crippen LogP contribution is 2.55. The summed E-state index contributed by atoms with van der Waals surface area (Å²) in [6.45, 7) is 0. The van der Waals surface area contributed by atoms with Gasteiger partial charge in [-0.3, -0.25) is 0 Å². The molecule has 18 heteroatoms. The van der Waals surface area contributed by atoms with Crippen LogP contribution >= 0.6 is 55.3 Å². The van der Waals surface area contributed by atoms with E-state index in [0.29, 0.717) is 22.1 Å². The van der Waals surface area contributed by atoms with Gasteiger partial charge >= 0.3 is 0 Å². The van der Waals surface area contributed by atoms with E-state index in [9.17, 15) is 0 Å². The second kappa shape index (κ2) is 34.1. The number of benzene rings is 18. The third-order valence-corrected chi connectivity index (χ3v) is 26.3. The molecule has 25 rings (SSSR count). The van der Waals surface area contributed by atoms with Crippen molar-refractivity contribution < 1.29 is 0 Å². The minimum absolute atomic E-state index is 0.672. The Balaban J connectivity index is 0.000000146. The SMILES string of the molecule is Brc1c2nsnc2c(Br)c2nc(-c3ccccc3)c(-c3ccccc3)nc12.c1ccc(-c2nc3c(N(c4ccccc4)c4cccc5c4c4ccccc4n5-c4ccccc4)c4nsnc4c(N(c4ccccc4)c4cccc5c4c4ccccc4n5-c4ccccc4)c3nc2-c2ccccc2)cc1.c1ccc(Nc2cccc3c2c2ccccc2n3-c2ccccc2)cc1. The van der Waals surface area contributed by atoms with Crippen molar-refractivity contribution >= 4 is 210 Å². The molecule has 0 saturated carbocycles. The molecular formula is C112H72Br2N14S2. The van der Waals surface area contributed by atoms with E-state index in [0.717, 1.165) is 177 Å². The van der Waals surface area contributed by atoms with E-state index in [1.807, 2.05) is 78.9 Å². The summed E-state index contributed by atoms with van der Waals surface area (Å²) in [6, 6.07) is 150. The highest BCUT2D eigenvalue weighted by molar-refractivity contribution is 9.11. The lowest BCUT2D eigenvalue weighted by Gasteiger charge is -2.31. The Morgan fingerprint density at radius 3 is 0.854 bits per heavy atom. The van der Waals surface area contributed by atoms with Gasteiger partial charge in [-0.1, -0.05) is 303 Å². The smallest absolute Gasteiger partial charge is 0.133 e. The number of fused-ring (bicyclic) bond motifs is 13. The number of para-hydroxylation sites is 9. The molecule has 0 amide bonds. The molecule has 0 saturated heterocycles. The molecule has 7 aromatic heterocycles. The Kier molecular flexibility index (Phi) is 20.6. The zero-order chi connectivity index (χ0) is 86.5. The first-order chi connectivity index (χ1) is 64.4. The molecule has 25 aromatic rings. The van der Waals surface area contributed by atoms with Crippen LogP contribution in [0.2, 0.25) is 0 Å². The van der Waals surface area contributed by atoms with Crippen LogP contribution in [0, 0.1) is 0 Å². The summed E-state index contributed by atoms with van der Waals surface area (Å²) in [7, 11) is 0. The molecule has 0 radical (unpaired) electrons. The number of aromatic nitrogens is 11. The molecule has 130 heavy (non-hydrogen) atoms. The van der Waals surface area contributed by atoms with E-state index in [1.165, 1.54) is 50.9 Å². The molecule has 0 atom stereocenters. The monoisotopic (exact) mass is 1830 g/mol. The van der Waals surface area contributed by atoms with Gasteiger partial charge in [0.2, 0.25) is 0 Å². The molecule has 0 fully saturated rings. The first-order valence-electron chi connectivity index (χ1n) is 42.7. The Bertz CT molecular complexity index is 8130. The van der Waals surface area contributed by atoms with Crippen LogP contribution in [0.15, 0.2) is 440 Å². The third kappa shape index (κ3) is 13.9. The van der Waals surface area contributed by atoms with Crippen LogP contribution in [0.1, 0.15) is 0 Å². The highest BCUT2D eigenvalue weighted by atomic mass is 79.9. The normalized spacial score (nSPS) is 11.5. The molecule has 0 spiro atoms. The van der Waals surface area contributed by atoms with Gasteiger partial charge in [-0.15, -0.1) is 0 Å². The minimum Gasteiger partial charge on any atom is -0.355 e. The van der Waals surface area contributed by atoms with E-state index in [4.69, 9.17) is 28.7 Å².